The number of ether oxygens (including phenoxy) is 1. The molecule has 0 aliphatic carbocycles. The Morgan fingerprint density at radius 1 is 1.36 bits per heavy atom. The van der Waals surface area contributed by atoms with Gasteiger partial charge in [0.25, 0.3) is 0 Å². The van der Waals surface area contributed by atoms with Crippen molar-refractivity contribution in [3.05, 3.63) is 30.1 Å². The number of carbonyl (C=O) groups excluding carboxylic acids is 1. The van der Waals surface area contributed by atoms with E-state index in [0.717, 1.165) is 12.1 Å². The van der Waals surface area contributed by atoms with E-state index in [0.29, 0.717) is 26.1 Å². The SMILES string of the molecule is CC1(C)CN(C(=O)C2(CO)CCOCC2)C1c1ccncc1. The van der Waals surface area contributed by atoms with Crippen LogP contribution in [0, 0.1) is 10.8 Å². The van der Waals surface area contributed by atoms with Crippen LogP contribution in [0.4, 0.5) is 0 Å². The minimum atomic E-state index is -0.667. The molecule has 1 aromatic rings. The molecule has 120 valence electrons. The van der Waals surface area contributed by atoms with E-state index in [1.54, 1.807) is 12.4 Å². The van der Waals surface area contributed by atoms with Crippen LogP contribution in [0.3, 0.4) is 0 Å². The summed E-state index contributed by atoms with van der Waals surface area (Å²) in [7, 11) is 0. The molecular formula is C17H24N2O3. The molecule has 3 rings (SSSR count). The van der Waals surface area contributed by atoms with Crippen LogP contribution in [0.5, 0.6) is 0 Å². The molecule has 0 saturated carbocycles. The highest BCUT2D eigenvalue weighted by atomic mass is 16.5. The van der Waals surface area contributed by atoms with E-state index in [-0.39, 0.29) is 24.0 Å². The number of nitrogens with zero attached hydrogens (tertiary/aromatic N) is 2. The van der Waals surface area contributed by atoms with Crippen molar-refractivity contribution in [2.75, 3.05) is 26.4 Å². The maximum absolute atomic E-state index is 13.1. The van der Waals surface area contributed by atoms with Crippen molar-refractivity contribution in [2.24, 2.45) is 10.8 Å². The maximum atomic E-state index is 13.1. The van der Waals surface area contributed by atoms with E-state index >= 15 is 0 Å². The summed E-state index contributed by atoms with van der Waals surface area (Å²) < 4.78 is 5.37. The third-order valence-electron chi connectivity index (χ3n) is 5.12. The van der Waals surface area contributed by atoms with Gasteiger partial charge in [-0.3, -0.25) is 9.78 Å². The number of hydrogen-bond acceptors (Lipinski definition) is 4. The predicted octanol–water partition coefficient (Wildman–Crippen LogP) is 1.78. The van der Waals surface area contributed by atoms with Crippen LogP contribution in [-0.2, 0) is 9.53 Å². The minimum absolute atomic E-state index is 0.0405. The van der Waals surface area contributed by atoms with Crippen LogP contribution < -0.4 is 0 Å². The van der Waals surface area contributed by atoms with E-state index in [2.05, 4.69) is 18.8 Å². The van der Waals surface area contributed by atoms with Gasteiger partial charge >= 0.3 is 0 Å². The molecule has 1 atom stereocenters. The van der Waals surface area contributed by atoms with Crippen molar-refractivity contribution in [3.63, 3.8) is 0 Å². The first-order valence-corrected chi connectivity index (χ1v) is 7.90. The van der Waals surface area contributed by atoms with Crippen molar-refractivity contribution in [1.82, 2.24) is 9.88 Å². The Kier molecular flexibility index (Phi) is 3.95. The number of likely N-dealkylation sites (tertiary alicyclic amines) is 1. The highest BCUT2D eigenvalue weighted by Crippen LogP contribution is 2.50. The van der Waals surface area contributed by atoms with Gasteiger partial charge < -0.3 is 14.7 Å². The maximum Gasteiger partial charge on any atom is 0.231 e. The molecule has 0 aromatic carbocycles. The summed E-state index contributed by atoms with van der Waals surface area (Å²) in [6.45, 7) is 6.07. The van der Waals surface area contributed by atoms with Crippen LogP contribution in [0.2, 0.25) is 0 Å². The fourth-order valence-electron chi connectivity index (χ4n) is 3.80. The zero-order chi connectivity index (χ0) is 15.8. The second-order valence-electron chi connectivity index (χ2n) is 7.16. The average Bonchev–Trinajstić information content (AvgIpc) is 2.54. The average molecular weight is 304 g/mol. The zero-order valence-electron chi connectivity index (χ0n) is 13.3. The second-order valence-corrected chi connectivity index (χ2v) is 7.16. The molecule has 2 aliphatic heterocycles. The Bertz CT molecular complexity index is 538. The van der Waals surface area contributed by atoms with Gasteiger partial charge in [0.2, 0.25) is 5.91 Å². The molecule has 5 heteroatoms. The predicted molar refractivity (Wildman–Crippen MR) is 82.0 cm³/mol. The number of hydrogen-bond donors (Lipinski definition) is 1. The Morgan fingerprint density at radius 3 is 2.55 bits per heavy atom. The number of carbonyl (C=O) groups is 1. The third kappa shape index (κ3) is 2.42. The van der Waals surface area contributed by atoms with Crippen LogP contribution in [0.15, 0.2) is 24.5 Å². The number of aliphatic hydroxyl groups excluding tert-OH is 1. The van der Waals surface area contributed by atoms with E-state index in [1.807, 2.05) is 17.0 Å². The van der Waals surface area contributed by atoms with Gasteiger partial charge in [0, 0.05) is 37.6 Å². The van der Waals surface area contributed by atoms with Crippen molar-refractivity contribution < 1.29 is 14.6 Å². The van der Waals surface area contributed by atoms with Gasteiger partial charge in [-0.05, 0) is 30.5 Å². The van der Waals surface area contributed by atoms with Gasteiger partial charge in [-0.1, -0.05) is 13.8 Å². The summed E-state index contributed by atoms with van der Waals surface area (Å²) in [5, 5.41) is 9.85. The lowest BCUT2D eigenvalue weighted by Gasteiger charge is -2.57. The number of aromatic nitrogens is 1. The summed E-state index contributed by atoms with van der Waals surface area (Å²) in [6.07, 6.45) is 4.73. The van der Waals surface area contributed by atoms with Crippen molar-refractivity contribution in [3.8, 4) is 0 Å². The van der Waals surface area contributed by atoms with Gasteiger partial charge in [0.1, 0.15) is 0 Å². The first-order chi connectivity index (χ1) is 10.5. The van der Waals surface area contributed by atoms with Crippen molar-refractivity contribution in [2.45, 2.75) is 32.7 Å². The van der Waals surface area contributed by atoms with E-state index in [4.69, 9.17) is 4.74 Å². The first kappa shape index (κ1) is 15.4. The summed E-state index contributed by atoms with van der Waals surface area (Å²) in [5.41, 5.74) is 0.485. The lowest BCUT2D eigenvalue weighted by atomic mass is 9.69. The quantitative estimate of drug-likeness (QED) is 0.924. The van der Waals surface area contributed by atoms with Crippen LogP contribution in [-0.4, -0.2) is 47.3 Å². The fraction of sp³-hybridized carbons (Fsp3) is 0.647. The highest BCUT2D eigenvalue weighted by Gasteiger charge is 2.53. The molecule has 1 unspecified atom stereocenters. The molecule has 1 amide bonds. The Labute approximate surface area is 131 Å². The molecule has 5 nitrogen and oxygen atoms in total. The topological polar surface area (TPSA) is 62.7 Å². The standard InChI is InChI=1S/C17H24N2O3/c1-16(2)11-19(14(16)13-3-7-18-8-4-13)15(21)17(12-20)5-9-22-10-6-17/h3-4,7-8,14,20H,5-6,9-12H2,1-2H3. The van der Waals surface area contributed by atoms with Gasteiger partial charge in [0.15, 0.2) is 0 Å². The number of amides is 1. The van der Waals surface area contributed by atoms with Gasteiger partial charge in [-0.15, -0.1) is 0 Å². The van der Waals surface area contributed by atoms with Gasteiger partial charge in [-0.2, -0.15) is 0 Å². The Hall–Kier alpha value is -1.46. The Balaban J connectivity index is 1.86. The van der Waals surface area contributed by atoms with Crippen LogP contribution in [0.25, 0.3) is 0 Å². The summed E-state index contributed by atoms with van der Waals surface area (Å²) >= 11 is 0. The lowest BCUT2D eigenvalue weighted by Crippen LogP contribution is -2.62. The fourth-order valence-corrected chi connectivity index (χ4v) is 3.80. The molecule has 2 aliphatic rings. The molecule has 3 heterocycles. The summed E-state index contributed by atoms with van der Waals surface area (Å²) in [4.78, 5) is 19.1. The lowest BCUT2D eigenvalue weighted by molar-refractivity contribution is -0.172. The molecule has 1 aromatic heterocycles. The van der Waals surface area contributed by atoms with E-state index < -0.39 is 5.41 Å². The molecule has 0 bridgehead atoms. The van der Waals surface area contributed by atoms with Crippen molar-refractivity contribution >= 4 is 5.91 Å². The van der Waals surface area contributed by atoms with Crippen molar-refractivity contribution in [1.29, 1.82) is 0 Å². The second kappa shape index (κ2) is 5.63. The zero-order valence-corrected chi connectivity index (χ0v) is 13.3. The molecule has 0 spiro atoms. The number of aliphatic hydroxyl groups is 1. The van der Waals surface area contributed by atoms with Crippen LogP contribution in [0.1, 0.15) is 38.3 Å². The van der Waals surface area contributed by atoms with Gasteiger partial charge in [0.05, 0.1) is 18.1 Å². The minimum Gasteiger partial charge on any atom is -0.395 e. The number of rotatable bonds is 3. The summed E-state index contributed by atoms with van der Waals surface area (Å²) in [6, 6.07) is 4.00. The first-order valence-electron chi connectivity index (χ1n) is 7.90. The normalized spacial score (nSPS) is 26.3. The van der Waals surface area contributed by atoms with Gasteiger partial charge in [-0.25, -0.2) is 0 Å². The summed E-state index contributed by atoms with van der Waals surface area (Å²) in [5.74, 6) is 0.0689. The highest BCUT2D eigenvalue weighted by molar-refractivity contribution is 5.84. The van der Waals surface area contributed by atoms with E-state index in [1.165, 1.54) is 0 Å². The largest absolute Gasteiger partial charge is 0.395 e. The van der Waals surface area contributed by atoms with Crippen LogP contribution >= 0.6 is 0 Å². The number of pyridine rings is 1. The molecule has 2 fully saturated rings. The Morgan fingerprint density at radius 2 is 2.00 bits per heavy atom. The monoisotopic (exact) mass is 304 g/mol. The molecule has 2 saturated heterocycles. The van der Waals surface area contributed by atoms with E-state index in [9.17, 15) is 9.90 Å². The smallest absolute Gasteiger partial charge is 0.231 e. The molecule has 1 N–H and O–H groups in total. The molecular weight excluding hydrogens is 280 g/mol. The molecule has 0 radical (unpaired) electrons. The molecule has 22 heavy (non-hydrogen) atoms. The third-order valence-corrected chi connectivity index (χ3v) is 5.12.